The van der Waals surface area contributed by atoms with Gasteiger partial charge in [-0.1, -0.05) is 24.6 Å². The predicted octanol–water partition coefficient (Wildman–Crippen LogP) is 2.09. The van der Waals surface area contributed by atoms with E-state index in [1.54, 1.807) is 11.8 Å². The van der Waals surface area contributed by atoms with Gasteiger partial charge in [0.15, 0.2) is 0 Å². The Bertz CT molecular complexity index is 638. The summed E-state index contributed by atoms with van der Waals surface area (Å²) in [5.41, 5.74) is 8.74. The van der Waals surface area contributed by atoms with Crippen LogP contribution in [-0.2, 0) is 17.9 Å². The number of benzene rings is 1. The highest BCUT2D eigenvalue weighted by Crippen LogP contribution is 2.16. The monoisotopic (exact) mass is 275 g/mol. The molecular weight excluding hydrogens is 254 g/mol. The molecule has 0 unspecified atom stereocenters. The van der Waals surface area contributed by atoms with Crippen molar-refractivity contribution in [3.8, 4) is 5.69 Å². The number of hydrogen-bond acceptors (Lipinski definition) is 3. The fourth-order valence-electron chi connectivity index (χ4n) is 2.29. The van der Waals surface area contributed by atoms with Crippen molar-refractivity contribution in [3.05, 3.63) is 45.9 Å². The number of hydrogen-bond donors (Lipinski definition) is 1. The lowest BCUT2D eigenvalue weighted by atomic mass is 10.2. The van der Waals surface area contributed by atoms with Crippen LogP contribution in [0.2, 0.25) is 0 Å². The summed E-state index contributed by atoms with van der Waals surface area (Å²) in [6.45, 7) is 5.14. The van der Waals surface area contributed by atoms with Gasteiger partial charge in [-0.15, -0.1) is 0 Å². The van der Waals surface area contributed by atoms with Gasteiger partial charge in [0.2, 0.25) is 0 Å². The van der Waals surface area contributed by atoms with Crippen LogP contribution < -0.4 is 11.3 Å². The van der Waals surface area contributed by atoms with Crippen LogP contribution in [0, 0.1) is 6.92 Å². The quantitative estimate of drug-likeness (QED) is 0.908. The third kappa shape index (κ3) is 2.49. The Labute approximate surface area is 118 Å². The van der Waals surface area contributed by atoms with E-state index in [1.165, 1.54) is 0 Å². The fourth-order valence-corrected chi connectivity index (χ4v) is 2.29. The molecule has 0 saturated carbocycles. The summed E-state index contributed by atoms with van der Waals surface area (Å²) in [4.78, 5) is 12.4. The van der Waals surface area contributed by atoms with E-state index in [0.717, 1.165) is 29.9 Å². The summed E-state index contributed by atoms with van der Waals surface area (Å²) < 4.78 is 8.71. The van der Waals surface area contributed by atoms with Gasteiger partial charge in [0, 0.05) is 13.7 Å². The number of nitrogens with two attached hydrogens (primary N) is 1. The molecule has 1 aromatic heterocycles. The molecule has 1 heterocycles. The van der Waals surface area contributed by atoms with Crippen molar-refractivity contribution in [2.24, 2.45) is 0 Å². The van der Waals surface area contributed by atoms with E-state index >= 15 is 0 Å². The highest BCUT2D eigenvalue weighted by Gasteiger charge is 2.18. The second-order valence-electron chi connectivity index (χ2n) is 4.87. The minimum absolute atomic E-state index is 0.186. The molecule has 0 saturated heterocycles. The minimum atomic E-state index is -0.186. The molecule has 1 aromatic carbocycles. The van der Waals surface area contributed by atoms with Gasteiger partial charge in [-0.3, -0.25) is 9.48 Å². The SMILES string of the molecule is CCCn1c(COC)c(N)c(=O)n1-c1ccc(C)cc1. The minimum Gasteiger partial charge on any atom is -0.393 e. The molecule has 2 N–H and O–H groups in total. The zero-order valence-electron chi connectivity index (χ0n) is 12.2. The lowest BCUT2D eigenvalue weighted by Gasteiger charge is -2.14. The average molecular weight is 275 g/mol. The molecule has 0 radical (unpaired) electrons. The maximum atomic E-state index is 12.4. The zero-order chi connectivity index (χ0) is 14.7. The van der Waals surface area contributed by atoms with E-state index in [1.807, 2.05) is 35.9 Å². The second-order valence-corrected chi connectivity index (χ2v) is 4.87. The van der Waals surface area contributed by atoms with Crippen molar-refractivity contribution in [1.82, 2.24) is 9.36 Å². The highest BCUT2D eigenvalue weighted by atomic mass is 16.5. The molecule has 0 amide bonds. The molecular formula is C15H21N3O2. The number of anilines is 1. The van der Waals surface area contributed by atoms with E-state index in [0.29, 0.717) is 6.61 Å². The first-order chi connectivity index (χ1) is 9.60. The predicted molar refractivity (Wildman–Crippen MR) is 80.2 cm³/mol. The first-order valence-electron chi connectivity index (χ1n) is 6.76. The molecule has 2 rings (SSSR count). The summed E-state index contributed by atoms with van der Waals surface area (Å²) in [6, 6.07) is 7.83. The molecule has 0 spiro atoms. The number of aryl methyl sites for hydroxylation is 1. The van der Waals surface area contributed by atoms with Gasteiger partial charge in [-0.2, -0.15) is 0 Å². The Hall–Kier alpha value is -2.01. The van der Waals surface area contributed by atoms with E-state index in [2.05, 4.69) is 6.92 Å². The third-order valence-electron chi connectivity index (χ3n) is 3.28. The number of ether oxygens (including phenoxy) is 1. The number of methoxy groups -OCH3 is 1. The van der Waals surface area contributed by atoms with Crippen molar-refractivity contribution >= 4 is 5.69 Å². The maximum absolute atomic E-state index is 12.4. The van der Waals surface area contributed by atoms with Crippen LogP contribution >= 0.6 is 0 Å². The topological polar surface area (TPSA) is 62.2 Å². The van der Waals surface area contributed by atoms with E-state index in [9.17, 15) is 4.79 Å². The molecule has 0 aliphatic heterocycles. The van der Waals surface area contributed by atoms with E-state index in [4.69, 9.17) is 10.5 Å². The van der Waals surface area contributed by atoms with Crippen LogP contribution in [0.5, 0.6) is 0 Å². The van der Waals surface area contributed by atoms with Gasteiger partial charge in [0.05, 0.1) is 18.0 Å². The fraction of sp³-hybridized carbons (Fsp3) is 0.400. The van der Waals surface area contributed by atoms with Crippen molar-refractivity contribution in [3.63, 3.8) is 0 Å². The lowest BCUT2D eigenvalue weighted by Crippen LogP contribution is -2.22. The van der Waals surface area contributed by atoms with Crippen LogP contribution in [0.1, 0.15) is 24.6 Å². The molecule has 5 heteroatoms. The largest absolute Gasteiger partial charge is 0.393 e. The molecule has 0 atom stereocenters. The number of nitrogens with zero attached hydrogens (tertiary/aromatic N) is 2. The first kappa shape index (κ1) is 14.4. The highest BCUT2D eigenvalue weighted by molar-refractivity contribution is 5.45. The van der Waals surface area contributed by atoms with Crippen LogP contribution in [0.15, 0.2) is 29.1 Å². The Balaban J connectivity index is 2.64. The second kappa shape index (κ2) is 5.96. The van der Waals surface area contributed by atoms with Crippen LogP contribution in [0.3, 0.4) is 0 Å². The van der Waals surface area contributed by atoms with Gasteiger partial charge in [-0.05, 0) is 25.5 Å². The molecule has 5 nitrogen and oxygen atoms in total. The maximum Gasteiger partial charge on any atom is 0.294 e. The van der Waals surface area contributed by atoms with E-state index < -0.39 is 0 Å². The number of aromatic nitrogens is 2. The summed E-state index contributed by atoms with van der Waals surface area (Å²) in [7, 11) is 1.60. The molecule has 0 bridgehead atoms. The molecule has 0 aliphatic rings. The number of nitrogen functional groups attached to an aromatic ring is 1. The Morgan fingerprint density at radius 1 is 1.25 bits per heavy atom. The summed E-state index contributed by atoms with van der Waals surface area (Å²) in [6.07, 6.45) is 0.913. The van der Waals surface area contributed by atoms with Crippen molar-refractivity contribution < 1.29 is 4.74 Å². The van der Waals surface area contributed by atoms with Crippen LogP contribution in [-0.4, -0.2) is 16.5 Å². The Kier molecular flexibility index (Phi) is 4.29. The van der Waals surface area contributed by atoms with E-state index in [-0.39, 0.29) is 11.2 Å². The van der Waals surface area contributed by atoms with Gasteiger partial charge >= 0.3 is 0 Å². The summed E-state index contributed by atoms with van der Waals surface area (Å²) in [5.74, 6) is 0. The summed E-state index contributed by atoms with van der Waals surface area (Å²) in [5, 5.41) is 0. The number of rotatable bonds is 5. The van der Waals surface area contributed by atoms with Crippen molar-refractivity contribution in [2.45, 2.75) is 33.4 Å². The molecule has 0 aliphatic carbocycles. The van der Waals surface area contributed by atoms with Gasteiger partial charge < -0.3 is 10.5 Å². The molecule has 108 valence electrons. The first-order valence-corrected chi connectivity index (χ1v) is 6.76. The molecule has 0 fully saturated rings. The van der Waals surface area contributed by atoms with Gasteiger partial charge in [-0.25, -0.2) is 4.68 Å². The molecule has 2 aromatic rings. The lowest BCUT2D eigenvalue weighted by molar-refractivity contribution is 0.176. The third-order valence-corrected chi connectivity index (χ3v) is 3.28. The Morgan fingerprint density at radius 2 is 1.90 bits per heavy atom. The van der Waals surface area contributed by atoms with Crippen LogP contribution in [0.25, 0.3) is 5.69 Å². The Morgan fingerprint density at radius 3 is 2.45 bits per heavy atom. The van der Waals surface area contributed by atoms with Gasteiger partial charge in [0.1, 0.15) is 5.69 Å². The normalized spacial score (nSPS) is 10.9. The standard InChI is InChI=1S/C15H21N3O2/c1-4-9-17-13(10-20-3)14(16)15(19)18(17)12-7-5-11(2)6-8-12/h5-8H,4,9-10,16H2,1-3H3. The average Bonchev–Trinajstić information content (AvgIpc) is 2.66. The zero-order valence-corrected chi connectivity index (χ0v) is 12.2. The van der Waals surface area contributed by atoms with Gasteiger partial charge in [0.25, 0.3) is 5.56 Å². The van der Waals surface area contributed by atoms with Crippen molar-refractivity contribution in [2.75, 3.05) is 12.8 Å². The smallest absolute Gasteiger partial charge is 0.294 e. The summed E-state index contributed by atoms with van der Waals surface area (Å²) >= 11 is 0. The van der Waals surface area contributed by atoms with Crippen LogP contribution in [0.4, 0.5) is 5.69 Å². The van der Waals surface area contributed by atoms with Crippen molar-refractivity contribution in [1.29, 1.82) is 0 Å². The molecule has 20 heavy (non-hydrogen) atoms.